The molecule has 1 atom stereocenters. The zero-order chi connectivity index (χ0) is 14.3. The fourth-order valence-electron chi connectivity index (χ4n) is 3.35. The van der Waals surface area contributed by atoms with Crippen molar-refractivity contribution in [3.05, 3.63) is 29.8 Å². The minimum atomic E-state index is 0.174. The van der Waals surface area contributed by atoms with Gasteiger partial charge in [0.15, 0.2) is 0 Å². The van der Waals surface area contributed by atoms with Gasteiger partial charge in [0.2, 0.25) is 0 Å². The summed E-state index contributed by atoms with van der Waals surface area (Å²) in [5, 5.41) is 0. The van der Waals surface area contributed by atoms with Gasteiger partial charge in [-0.15, -0.1) is 0 Å². The Labute approximate surface area is 119 Å². The van der Waals surface area contributed by atoms with E-state index in [4.69, 9.17) is 0 Å². The van der Waals surface area contributed by atoms with E-state index in [1.807, 2.05) is 0 Å². The van der Waals surface area contributed by atoms with E-state index in [0.29, 0.717) is 11.5 Å². The fourth-order valence-corrected chi connectivity index (χ4v) is 3.35. The summed E-state index contributed by atoms with van der Waals surface area (Å²) in [5.41, 5.74) is 3.50. The van der Waals surface area contributed by atoms with Crippen molar-refractivity contribution in [1.82, 2.24) is 0 Å². The third-order valence-electron chi connectivity index (χ3n) is 4.79. The van der Waals surface area contributed by atoms with Gasteiger partial charge >= 0.3 is 0 Å². The Morgan fingerprint density at radius 3 is 2.32 bits per heavy atom. The van der Waals surface area contributed by atoms with Gasteiger partial charge in [0.1, 0.15) is 0 Å². The molecule has 0 saturated carbocycles. The molecule has 106 valence electrons. The van der Waals surface area contributed by atoms with Gasteiger partial charge in [-0.25, -0.2) is 0 Å². The molecule has 0 amide bonds. The third-order valence-corrected chi connectivity index (χ3v) is 4.79. The molecular formula is C18H29N. The van der Waals surface area contributed by atoms with Crippen LogP contribution in [-0.4, -0.2) is 11.6 Å². The largest absolute Gasteiger partial charge is 0.363 e. The molecule has 1 heterocycles. The van der Waals surface area contributed by atoms with Crippen molar-refractivity contribution in [3.63, 3.8) is 0 Å². The lowest BCUT2D eigenvalue weighted by atomic mass is 9.74. The highest BCUT2D eigenvalue weighted by Gasteiger charge is 2.40. The first-order valence-electron chi connectivity index (χ1n) is 7.64. The summed E-state index contributed by atoms with van der Waals surface area (Å²) in [5.74, 6) is 0. The van der Waals surface area contributed by atoms with E-state index < -0.39 is 0 Å². The monoisotopic (exact) mass is 259 g/mol. The van der Waals surface area contributed by atoms with Crippen molar-refractivity contribution in [2.45, 2.75) is 72.4 Å². The summed E-state index contributed by atoms with van der Waals surface area (Å²) in [4.78, 5) is 2.68. The molecule has 1 nitrogen and oxygen atoms in total. The molecule has 1 aliphatic heterocycles. The second-order valence-electron chi connectivity index (χ2n) is 7.57. The first-order valence-corrected chi connectivity index (χ1v) is 7.64. The Kier molecular flexibility index (Phi) is 3.68. The molecule has 1 unspecified atom stereocenters. The summed E-state index contributed by atoms with van der Waals surface area (Å²) >= 11 is 0. The Bertz CT molecular complexity index is 439. The number of rotatable bonds is 2. The average Bonchev–Trinajstić information content (AvgIpc) is 2.36. The molecular weight excluding hydrogens is 230 g/mol. The molecule has 0 radical (unpaired) electrons. The summed E-state index contributed by atoms with van der Waals surface area (Å²) in [6.07, 6.45) is 3.72. The number of nitrogens with zero attached hydrogens (tertiary/aromatic N) is 1. The van der Waals surface area contributed by atoms with E-state index in [2.05, 4.69) is 70.7 Å². The molecule has 1 aliphatic rings. The minimum Gasteiger partial charge on any atom is -0.363 e. The van der Waals surface area contributed by atoms with Gasteiger partial charge < -0.3 is 4.90 Å². The van der Waals surface area contributed by atoms with E-state index in [0.717, 1.165) is 0 Å². The van der Waals surface area contributed by atoms with Crippen LogP contribution in [0.2, 0.25) is 0 Å². The molecule has 0 N–H and O–H groups in total. The number of aryl methyl sites for hydroxylation is 1. The van der Waals surface area contributed by atoms with Gasteiger partial charge in [-0.05, 0) is 57.1 Å². The van der Waals surface area contributed by atoms with Crippen LogP contribution < -0.4 is 4.90 Å². The van der Waals surface area contributed by atoms with Crippen LogP contribution in [0.5, 0.6) is 0 Å². The molecule has 0 bridgehead atoms. The number of anilines is 1. The predicted octanol–water partition coefficient (Wildman–Crippen LogP) is 5.04. The second-order valence-corrected chi connectivity index (χ2v) is 7.57. The predicted molar refractivity (Wildman–Crippen MR) is 84.9 cm³/mol. The van der Waals surface area contributed by atoms with Crippen LogP contribution >= 0.6 is 0 Å². The molecule has 0 aromatic heterocycles. The number of hydrogen-bond acceptors (Lipinski definition) is 1. The van der Waals surface area contributed by atoms with Crippen molar-refractivity contribution >= 4 is 5.69 Å². The highest BCUT2D eigenvalue weighted by molar-refractivity contribution is 5.58. The first-order chi connectivity index (χ1) is 8.77. The lowest BCUT2D eigenvalue weighted by Gasteiger charge is -2.53. The van der Waals surface area contributed by atoms with Crippen molar-refractivity contribution in [2.75, 3.05) is 4.90 Å². The molecule has 0 aliphatic carbocycles. The van der Waals surface area contributed by atoms with Crippen LogP contribution in [0.1, 0.15) is 59.9 Å². The minimum absolute atomic E-state index is 0.174. The molecule has 0 fully saturated rings. The Hall–Kier alpha value is -0.980. The molecule has 0 spiro atoms. The topological polar surface area (TPSA) is 3.24 Å². The van der Waals surface area contributed by atoms with Gasteiger partial charge in [-0.3, -0.25) is 0 Å². The van der Waals surface area contributed by atoms with Crippen LogP contribution in [-0.2, 0) is 6.42 Å². The molecule has 1 heteroatoms. The highest BCUT2D eigenvalue weighted by Crippen LogP contribution is 2.43. The van der Waals surface area contributed by atoms with Crippen molar-refractivity contribution in [3.8, 4) is 0 Å². The zero-order valence-electron chi connectivity index (χ0n) is 13.5. The SMILES string of the molecule is CCC(C)(C)C1CCc2ccccc2N1C(C)(C)C. The van der Waals surface area contributed by atoms with Crippen molar-refractivity contribution < 1.29 is 0 Å². The van der Waals surface area contributed by atoms with E-state index in [-0.39, 0.29) is 5.54 Å². The lowest BCUT2D eigenvalue weighted by Crippen LogP contribution is -2.56. The number of fused-ring (bicyclic) bond motifs is 1. The van der Waals surface area contributed by atoms with E-state index in [1.165, 1.54) is 30.5 Å². The Balaban J connectivity index is 2.49. The highest BCUT2D eigenvalue weighted by atomic mass is 15.2. The lowest BCUT2D eigenvalue weighted by molar-refractivity contribution is 0.216. The summed E-state index contributed by atoms with van der Waals surface area (Å²) in [6, 6.07) is 9.58. The number of para-hydroxylation sites is 1. The summed E-state index contributed by atoms with van der Waals surface area (Å²) in [6.45, 7) is 14.2. The van der Waals surface area contributed by atoms with E-state index >= 15 is 0 Å². The van der Waals surface area contributed by atoms with Gasteiger partial charge in [0.25, 0.3) is 0 Å². The zero-order valence-corrected chi connectivity index (χ0v) is 13.5. The maximum atomic E-state index is 2.68. The molecule has 19 heavy (non-hydrogen) atoms. The van der Waals surface area contributed by atoms with Gasteiger partial charge in [-0.2, -0.15) is 0 Å². The van der Waals surface area contributed by atoms with Crippen LogP contribution in [0.3, 0.4) is 0 Å². The summed E-state index contributed by atoms with van der Waals surface area (Å²) < 4.78 is 0. The van der Waals surface area contributed by atoms with E-state index in [1.54, 1.807) is 0 Å². The average molecular weight is 259 g/mol. The Morgan fingerprint density at radius 1 is 1.11 bits per heavy atom. The van der Waals surface area contributed by atoms with Crippen molar-refractivity contribution in [2.24, 2.45) is 5.41 Å². The fraction of sp³-hybridized carbons (Fsp3) is 0.667. The summed E-state index contributed by atoms with van der Waals surface area (Å²) in [7, 11) is 0. The second kappa shape index (κ2) is 4.85. The van der Waals surface area contributed by atoms with E-state index in [9.17, 15) is 0 Å². The quantitative estimate of drug-likeness (QED) is 0.719. The standard InChI is InChI=1S/C18H29N/c1-7-18(5,6)16-13-12-14-10-8-9-11-15(14)19(16)17(2,3)4/h8-11,16H,7,12-13H2,1-6H3. The number of benzene rings is 1. The third kappa shape index (κ3) is 2.66. The molecule has 0 saturated heterocycles. The van der Waals surface area contributed by atoms with Crippen LogP contribution in [0.4, 0.5) is 5.69 Å². The smallest absolute Gasteiger partial charge is 0.0405 e. The van der Waals surface area contributed by atoms with Gasteiger partial charge in [-0.1, -0.05) is 39.0 Å². The first kappa shape index (κ1) is 14.4. The normalized spacial score (nSPS) is 20.3. The molecule has 1 aromatic carbocycles. The van der Waals surface area contributed by atoms with Gasteiger partial charge in [0, 0.05) is 17.3 Å². The molecule has 2 rings (SSSR count). The Morgan fingerprint density at radius 2 is 1.74 bits per heavy atom. The van der Waals surface area contributed by atoms with Gasteiger partial charge in [0.05, 0.1) is 0 Å². The maximum absolute atomic E-state index is 2.68. The number of hydrogen-bond donors (Lipinski definition) is 0. The molecule has 1 aromatic rings. The van der Waals surface area contributed by atoms with Crippen LogP contribution in [0.25, 0.3) is 0 Å². The van der Waals surface area contributed by atoms with Crippen molar-refractivity contribution in [1.29, 1.82) is 0 Å². The maximum Gasteiger partial charge on any atom is 0.0405 e. The van der Waals surface area contributed by atoms with Crippen LogP contribution in [0.15, 0.2) is 24.3 Å². The van der Waals surface area contributed by atoms with Crippen LogP contribution in [0, 0.1) is 5.41 Å².